The van der Waals surface area contributed by atoms with Crippen molar-refractivity contribution < 1.29 is 22.7 Å². The Morgan fingerprint density at radius 3 is 2.52 bits per heavy atom. The fourth-order valence-corrected chi connectivity index (χ4v) is 5.45. The molecular formula is C28H30N6O5S. The molecule has 4 aromatic heterocycles. The van der Waals surface area contributed by atoms with Crippen LogP contribution in [0.2, 0.25) is 0 Å². The molecule has 5 rings (SSSR count). The lowest BCUT2D eigenvalue weighted by molar-refractivity contribution is -0.00545. The molecule has 208 valence electrons. The van der Waals surface area contributed by atoms with Gasteiger partial charge in [0.2, 0.25) is 5.88 Å². The SMILES string of the molecule is COc1ncc(C(=O)NCc2cc3nc(-c4cccc(N5C[C@@H](C)O[C@@H](C)C5)n4)ccc3cn2)cc1S(C)(=O)=O. The maximum absolute atomic E-state index is 12.8. The molecule has 0 unspecified atom stereocenters. The molecule has 2 atom stereocenters. The van der Waals surface area contributed by atoms with Crippen LogP contribution >= 0.6 is 0 Å². The number of amides is 1. The summed E-state index contributed by atoms with van der Waals surface area (Å²) < 4.78 is 35.0. The van der Waals surface area contributed by atoms with E-state index < -0.39 is 15.7 Å². The number of ether oxygens (including phenoxy) is 2. The monoisotopic (exact) mass is 562 g/mol. The first-order valence-corrected chi connectivity index (χ1v) is 14.7. The first-order chi connectivity index (χ1) is 19.1. The largest absolute Gasteiger partial charge is 0.480 e. The second-order valence-electron chi connectivity index (χ2n) is 9.79. The van der Waals surface area contributed by atoms with E-state index in [-0.39, 0.29) is 35.1 Å². The first kappa shape index (κ1) is 27.4. The van der Waals surface area contributed by atoms with Gasteiger partial charge < -0.3 is 19.7 Å². The molecule has 11 nitrogen and oxygen atoms in total. The molecule has 4 aromatic rings. The molecule has 0 radical (unpaired) electrons. The minimum atomic E-state index is -3.64. The quantitative estimate of drug-likeness (QED) is 0.358. The standard InChI is InChI=1S/C28H30N6O5S/c1-17-15-34(16-18(2)39-17)26-7-5-6-22(33-26)23-9-8-19-12-29-21(11-24(19)32-23)14-30-27(35)20-10-25(40(4,36)37)28(38-3)31-13-20/h5-13,17-18H,14-16H2,1-4H3,(H,30,35)/t17-,18+. The van der Waals surface area contributed by atoms with Crippen LogP contribution in [0.15, 0.2) is 59.8 Å². The molecule has 1 N–H and O–H groups in total. The smallest absolute Gasteiger partial charge is 0.253 e. The van der Waals surface area contributed by atoms with E-state index in [0.29, 0.717) is 11.2 Å². The van der Waals surface area contributed by atoms with Crippen LogP contribution in [-0.4, -0.2) is 72.9 Å². The minimum absolute atomic E-state index is 0.0637. The van der Waals surface area contributed by atoms with Gasteiger partial charge in [-0.25, -0.2) is 23.4 Å². The number of carbonyl (C=O) groups is 1. The number of aromatic nitrogens is 4. The second kappa shape index (κ2) is 11.1. The van der Waals surface area contributed by atoms with Crippen LogP contribution in [0.5, 0.6) is 5.88 Å². The number of hydrogen-bond donors (Lipinski definition) is 1. The van der Waals surface area contributed by atoms with Gasteiger partial charge in [-0.1, -0.05) is 6.07 Å². The summed E-state index contributed by atoms with van der Waals surface area (Å²) in [4.78, 5) is 32.9. The maximum atomic E-state index is 12.8. The average Bonchev–Trinajstić information content (AvgIpc) is 2.94. The number of fused-ring (bicyclic) bond motifs is 1. The molecule has 1 amide bonds. The molecule has 1 aliphatic rings. The zero-order valence-electron chi connectivity index (χ0n) is 22.7. The number of methoxy groups -OCH3 is 1. The van der Waals surface area contributed by atoms with Crippen molar-refractivity contribution in [1.82, 2.24) is 25.3 Å². The van der Waals surface area contributed by atoms with Crippen molar-refractivity contribution in [2.24, 2.45) is 0 Å². The normalized spacial score (nSPS) is 17.6. The summed E-state index contributed by atoms with van der Waals surface area (Å²) >= 11 is 0. The summed E-state index contributed by atoms with van der Waals surface area (Å²) in [5.74, 6) is 0.328. The van der Waals surface area contributed by atoms with Crippen molar-refractivity contribution in [2.75, 3.05) is 31.4 Å². The fraction of sp³-hybridized carbons (Fsp3) is 0.321. The molecule has 12 heteroatoms. The van der Waals surface area contributed by atoms with Crippen molar-refractivity contribution in [3.8, 4) is 17.3 Å². The molecule has 0 saturated carbocycles. The number of anilines is 1. The van der Waals surface area contributed by atoms with Gasteiger partial charge in [0.15, 0.2) is 9.84 Å². The Labute approximate surface area is 232 Å². The highest BCUT2D eigenvalue weighted by atomic mass is 32.2. The van der Waals surface area contributed by atoms with E-state index in [2.05, 4.69) is 34.0 Å². The van der Waals surface area contributed by atoms with Crippen LogP contribution in [0.1, 0.15) is 29.9 Å². The summed E-state index contributed by atoms with van der Waals surface area (Å²) in [6, 6.07) is 12.8. The molecule has 5 heterocycles. The van der Waals surface area contributed by atoms with Gasteiger partial charge >= 0.3 is 0 Å². The number of nitrogens with one attached hydrogen (secondary N) is 1. The number of morpholine rings is 1. The van der Waals surface area contributed by atoms with Crippen molar-refractivity contribution in [3.63, 3.8) is 0 Å². The van der Waals surface area contributed by atoms with E-state index >= 15 is 0 Å². The zero-order chi connectivity index (χ0) is 28.4. The van der Waals surface area contributed by atoms with E-state index in [9.17, 15) is 13.2 Å². The van der Waals surface area contributed by atoms with Gasteiger partial charge in [-0.05, 0) is 50.2 Å². The summed E-state index contributed by atoms with van der Waals surface area (Å²) in [6.07, 6.45) is 4.25. The van der Waals surface area contributed by atoms with Gasteiger partial charge in [0.05, 0.1) is 54.0 Å². The van der Waals surface area contributed by atoms with Crippen LogP contribution < -0.4 is 15.0 Å². The number of sulfone groups is 1. The lowest BCUT2D eigenvalue weighted by Gasteiger charge is -2.36. The number of carbonyl (C=O) groups excluding carboxylic acids is 1. The summed E-state index contributed by atoms with van der Waals surface area (Å²) in [7, 11) is -2.32. The van der Waals surface area contributed by atoms with Crippen LogP contribution in [0.3, 0.4) is 0 Å². The number of nitrogens with zero attached hydrogens (tertiary/aromatic N) is 5. The zero-order valence-corrected chi connectivity index (χ0v) is 23.5. The van der Waals surface area contributed by atoms with Crippen molar-refractivity contribution >= 4 is 32.5 Å². The first-order valence-electron chi connectivity index (χ1n) is 12.8. The summed E-state index contributed by atoms with van der Waals surface area (Å²) in [5.41, 5.74) is 2.88. The van der Waals surface area contributed by atoms with Crippen molar-refractivity contribution in [2.45, 2.75) is 37.5 Å². The van der Waals surface area contributed by atoms with E-state index in [4.69, 9.17) is 19.4 Å². The van der Waals surface area contributed by atoms with Gasteiger partial charge in [-0.15, -0.1) is 0 Å². The van der Waals surface area contributed by atoms with E-state index in [0.717, 1.165) is 41.9 Å². The fourth-order valence-electron chi connectivity index (χ4n) is 4.65. The number of hydrogen-bond acceptors (Lipinski definition) is 10. The third-order valence-electron chi connectivity index (χ3n) is 6.47. The van der Waals surface area contributed by atoms with Crippen molar-refractivity contribution in [1.29, 1.82) is 0 Å². The predicted octanol–water partition coefficient (Wildman–Crippen LogP) is 3.04. The number of pyridine rings is 4. The molecule has 0 spiro atoms. The van der Waals surface area contributed by atoms with Crippen molar-refractivity contribution in [3.05, 3.63) is 66.1 Å². The molecule has 1 fully saturated rings. The van der Waals surface area contributed by atoms with E-state index in [1.54, 1.807) is 6.20 Å². The molecule has 1 aliphatic heterocycles. The Morgan fingerprint density at radius 2 is 1.80 bits per heavy atom. The highest BCUT2D eigenvalue weighted by molar-refractivity contribution is 7.90. The predicted molar refractivity (Wildman–Crippen MR) is 150 cm³/mol. The number of rotatable bonds is 7. The Balaban J connectivity index is 1.34. The molecule has 0 aromatic carbocycles. The third kappa shape index (κ3) is 6.02. The minimum Gasteiger partial charge on any atom is -0.480 e. The topological polar surface area (TPSA) is 136 Å². The third-order valence-corrected chi connectivity index (χ3v) is 7.57. The summed E-state index contributed by atoms with van der Waals surface area (Å²) in [5, 5.41) is 3.61. The maximum Gasteiger partial charge on any atom is 0.253 e. The van der Waals surface area contributed by atoms with Crippen LogP contribution in [0.25, 0.3) is 22.3 Å². The van der Waals surface area contributed by atoms with E-state index in [1.807, 2.05) is 36.4 Å². The highest BCUT2D eigenvalue weighted by Gasteiger charge is 2.23. The van der Waals surface area contributed by atoms with Crippen LogP contribution in [-0.2, 0) is 21.1 Å². The Bertz CT molecular complexity index is 1670. The van der Waals surface area contributed by atoms with Gasteiger partial charge in [0, 0.05) is 37.1 Å². The van der Waals surface area contributed by atoms with Crippen LogP contribution in [0.4, 0.5) is 5.82 Å². The molecular weight excluding hydrogens is 532 g/mol. The van der Waals surface area contributed by atoms with Gasteiger partial charge in [0.25, 0.3) is 5.91 Å². The second-order valence-corrected chi connectivity index (χ2v) is 11.8. The van der Waals surface area contributed by atoms with Gasteiger partial charge in [-0.3, -0.25) is 9.78 Å². The summed E-state index contributed by atoms with van der Waals surface area (Å²) in [6.45, 7) is 5.78. The lowest BCUT2D eigenvalue weighted by Crippen LogP contribution is -2.45. The van der Waals surface area contributed by atoms with E-state index in [1.165, 1.54) is 19.4 Å². The van der Waals surface area contributed by atoms with Crippen LogP contribution in [0, 0.1) is 0 Å². The average molecular weight is 563 g/mol. The highest BCUT2D eigenvalue weighted by Crippen LogP contribution is 2.25. The Hall–Kier alpha value is -4.16. The molecule has 40 heavy (non-hydrogen) atoms. The Morgan fingerprint density at radius 1 is 1.05 bits per heavy atom. The lowest BCUT2D eigenvalue weighted by atomic mass is 10.1. The molecule has 0 aliphatic carbocycles. The molecule has 1 saturated heterocycles. The Kier molecular flexibility index (Phi) is 7.63. The molecule has 0 bridgehead atoms. The van der Waals surface area contributed by atoms with Gasteiger partial charge in [-0.2, -0.15) is 0 Å². The van der Waals surface area contributed by atoms with Gasteiger partial charge in [0.1, 0.15) is 10.7 Å².